The molecule has 0 aromatic heterocycles. The van der Waals surface area contributed by atoms with Crippen LogP contribution in [0.15, 0.2) is 18.2 Å². The van der Waals surface area contributed by atoms with Crippen molar-refractivity contribution in [1.29, 1.82) is 0 Å². The highest BCUT2D eigenvalue weighted by Crippen LogP contribution is 2.17. The molecule has 0 aliphatic carbocycles. The Hall–Kier alpha value is -1.55. The number of phenolic OH excluding ortho intramolecular Hbond substituents is 1. The lowest BCUT2D eigenvalue weighted by atomic mass is 10.1. The molecule has 0 unspecified atom stereocenters. The fraction of sp³-hybridized carbons (Fsp3) is 0.364. The fourth-order valence-corrected chi connectivity index (χ4v) is 1.41. The molecule has 1 amide bonds. The summed E-state index contributed by atoms with van der Waals surface area (Å²) < 4.78 is 0. The minimum atomic E-state index is -0.128. The van der Waals surface area contributed by atoms with E-state index in [9.17, 15) is 9.90 Å². The van der Waals surface area contributed by atoms with Gasteiger partial charge in [-0.15, -0.1) is 0 Å². The lowest BCUT2D eigenvalue weighted by Crippen LogP contribution is -2.56. The molecule has 0 bridgehead atoms. The molecule has 3 N–H and O–H groups in total. The standard InChI is InChI=1S/C11H14N2O2/c1-7-2-3-8(4-10(7)14)11(15)13-9-5-12-6-9/h2-4,9,12,14H,5-6H2,1H3,(H,13,15). The van der Waals surface area contributed by atoms with Gasteiger partial charge in [-0.3, -0.25) is 4.79 Å². The molecule has 1 aromatic carbocycles. The Balaban J connectivity index is 2.07. The van der Waals surface area contributed by atoms with E-state index in [1.165, 1.54) is 6.07 Å². The quantitative estimate of drug-likeness (QED) is 0.656. The van der Waals surface area contributed by atoms with Gasteiger partial charge in [-0.05, 0) is 24.6 Å². The summed E-state index contributed by atoms with van der Waals surface area (Å²) in [5, 5.41) is 15.4. The van der Waals surface area contributed by atoms with Gasteiger partial charge in [0.2, 0.25) is 0 Å². The molecule has 0 radical (unpaired) electrons. The second kappa shape index (κ2) is 3.90. The molecule has 80 valence electrons. The van der Waals surface area contributed by atoms with Crippen molar-refractivity contribution < 1.29 is 9.90 Å². The number of amides is 1. The van der Waals surface area contributed by atoms with Crippen molar-refractivity contribution in [2.24, 2.45) is 0 Å². The first-order chi connectivity index (χ1) is 7.16. The number of benzene rings is 1. The van der Waals surface area contributed by atoms with Gasteiger partial charge in [0.15, 0.2) is 0 Å². The van der Waals surface area contributed by atoms with Gasteiger partial charge in [-0.25, -0.2) is 0 Å². The Morgan fingerprint density at radius 1 is 1.53 bits per heavy atom. The second-order valence-corrected chi connectivity index (χ2v) is 3.83. The van der Waals surface area contributed by atoms with Gasteiger partial charge in [0.1, 0.15) is 5.75 Å². The summed E-state index contributed by atoms with van der Waals surface area (Å²) in [5.41, 5.74) is 1.28. The zero-order valence-corrected chi connectivity index (χ0v) is 8.58. The summed E-state index contributed by atoms with van der Waals surface area (Å²) >= 11 is 0. The van der Waals surface area contributed by atoms with Crippen molar-refractivity contribution in [2.75, 3.05) is 13.1 Å². The lowest BCUT2D eigenvalue weighted by Gasteiger charge is -2.27. The predicted octanol–water partition coefficient (Wildman–Crippen LogP) is 0.402. The zero-order valence-electron chi connectivity index (χ0n) is 8.58. The summed E-state index contributed by atoms with van der Waals surface area (Å²) in [5.74, 6) is 0.0335. The predicted molar refractivity (Wildman–Crippen MR) is 57.0 cm³/mol. The van der Waals surface area contributed by atoms with Crippen molar-refractivity contribution >= 4 is 5.91 Å². The third kappa shape index (κ3) is 2.10. The van der Waals surface area contributed by atoms with Gasteiger partial charge in [0, 0.05) is 18.7 Å². The van der Waals surface area contributed by atoms with Crippen molar-refractivity contribution in [1.82, 2.24) is 10.6 Å². The molecular weight excluding hydrogens is 192 g/mol. The van der Waals surface area contributed by atoms with Gasteiger partial charge in [0.25, 0.3) is 5.91 Å². The van der Waals surface area contributed by atoms with Gasteiger partial charge in [0.05, 0.1) is 6.04 Å². The highest BCUT2D eigenvalue weighted by atomic mass is 16.3. The van der Waals surface area contributed by atoms with E-state index in [0.717, 1.165) is 18.7 Å². The molecule has 1 fully saturated rings. The largest absolute Gasteiger partial charge is 0.508 e. The van der Waals surface area contributed by atoms with E-state index < -0.39 is 0 Å². The van der Waals surface area contributed by atoms with Crippen LogP contribution < -0.4 is 10.6 Å². The molecule has 1 aliphatic rings. The number of carbonyl (C=O) groups is 1. The normalized spacial score (nSPS) is 15.8. The first-order valence-corrected chi connectivity index (χ1v) is 4.98. The number of hydrogen-bond donors (Lipinski definition) is 3. The molecule has 1 heterocycles. The monoisotopic (exact) mass is 206 g/mol. The number of phenols is 1. The smallest absolute Gasteiger partial charge is 0.251 e. The summed E-state index contributed by atoms with van der Waals surface area (Å²) in [6, 6.07) is 5.18. The maximum atomic E-state index is 11.7. The van der Waals surface area contributed by atoms with Crippen molar-refractivity contribution in [3.8, 4) is 5.75 Å². The number of carbonyl (C=O) groups excluding carboxylic acids is 1. The number of aromatic hydroxyl groups is 1. The van der Waals surface area contributed by atoms with E-state index in [1.807, 2.05) is 0 Å². The number of rotatable bonds is 2. The number of aryl methyl sites for hydroxylation is 1. The highest BCUT2D eigenvalue weighted by Gasteiger charge is 2.19. The molecule has 2 rings (SSSR count). The van der Waals surface area contributed by atoms with Crippen LogP contribution >= 0.6 is 0 Å². The van der Waals surface area contributed by atoms with Crippen LogP contribution in [0.4, 0.5) is 0 Å². The van der Waals surface area contributed by atoms with E-state index in [-0.39, 0.29) is 17.7 Å². The Kier molecular flexibility index (Phi) is 2.60. The van der Waals surface area contributed by atoms with Gasteiger partial charge in [-0.2, -0.15) is 0 Å². The van der Waals surface area contributed by atoms with Crippen LogP contribution in [0.3, 0.4) is 0 Å². The average Bonchev–Trinajstić information content (AvgIpc) is 2.15. The molecular formula is C11H14N2O2. The van der Waals surface area contributed by atoms with Crippen LogP contribution in [-0.4, -0.2) is 30.1 Å². The third-order valence-electron chi connectivity index (χ3n) is 2.59. The van der Waals surface area contributed by atoms with Gasteiger partial charge < -0.3 is 15.7 Å². The number of nitrogens with one attached hydrogen (secondary N) is 2. The maximum Gasteiger partial charge on any atom is 0.251 e. The summed E-state index contributed by atoms with van der Waals surface area (Å²) in [4.78, 5) is 11.7. The molecule has 1 aromatic rings. The van der Waals surface area contributed by atoms with Crippen LogP contribution in [0, 0.1) is 6.92 Å². The van der Waals surface area contributed by atoms with E-state index >= 15 is 0 Å². The van der Waals surface area contributed by atoms with E-state index in [0.29, 0.717) is 5.56 Å². The Morgan fingerprint density at radius 2 is 2.27 bits per heavy atom. The Morgan fingerprint density at radius 3 is 2.80 bits per heavy atom. The maximum absolute atomic E-state index is 11.7. The minimum Gasteiger partial charge on any atom is -0.508 e. The van der Waals surface area contributed by atoms with Crippen LogP contribution in [-0.2, 0) is 0 Å². The SMILES string of the molecule is Cc1ccc(C(=O)NC2CNC2)cc1O. The first-order valence-electron chi connectivity index (χ1n) is 4.98. The van der Waals surface area contributed by atoms with E-state index in [4.69, 9.17) is 0 Å². The zero-order chi connectivity index (χ0) is 10.8. The van der Waals surface area contributed by atoms with Crippen molar-refractivity contribution in [3.63, 3.8) is 0 Å². The summed E-state index contributed by atoms with van der Waals surface area (Å²) in [6.45, 7) is 3.44. The Labute approximate surface area is 88.3 Å². The molecule has 1 aliphatic heterocycles. The van der Waals surface area contributed by atoms with Crippen LogP contribution in [0.25, 0.3) is 0 Å². The topological polar surface area (TPSA) is 61.4 Å². The molecule has 4 heteroatoms. The van der Waals surface area contributed by atoms with E-state index in [1.54, 1.807) is 19.1 Å². The molecule has 4 nitrogen and oxygen atoms in total. The number of hydrogen-bond acceptors (Lipinski definition) is 3. The second-order valence-electron chi connectivity index (χ2n) is 3.83. The van der Waals surface area contributed by atoms with E-state index in [2.05, 4.69) is 10.6 Å². The van der Waals surface area contributed by atoms with Gasteiger partial charge in [-0.1, -0.05) is 6.07 Å². The minimum absolute atomic E-state index is 0.128. The molecule has 0 saturated carbocycles. The molecule has 0 atom stereocenters. The molecule has 15 heavy (non-hydrogen) atoms. The third-order valence-corrected chi connectivity index (χ3v) is 2.59. The lowest BCUT2D eigenvalue weighted by molar-refractivity contribution is 0.0923. The van der Waals surface area contributed by atoms with Crippen LogP contribution in [0.5, 0.6) is 5.75 Å². The van der Waals surface area contributed by atoms with Crippen molar-refractivity contribution in [3.05, 3.63) is 29.3 Å². The molecule has 0 spiro atoms. The Bertz CT molecular complexity index is 386. The van der Waals surface area contributed by atoms with Gasteiger partial charge >= 0.3 is 0 Å². The summed E-state index contributed by atoms with van der Waals surface area (Å²) in [6.07, 6.45) is 0. The highest BCUT2D eigenvalue weighted by molar-refractivity contribution is 5.95. The van der Waals surface area contributed by atoms with Crippen molar-refractivity contribution in [2.45, 2.75) is 13.0 Å². The first kappa shape index (κ1) is 9.98. The fourth-order valence-electron chi connectivity index (χ4n) is 1.41. The van der Waals surface area contributed by atoms with Crippen LogP contribution in [0.1, 0.15) is 15.9 Å². The van der Waals surface area contributed by atoms with Crippen LogP contribution in [0.2, 0.25) is 0 Å². The molecule has 1 saturated heterocycles. The summed E-state index contributed by atoms with van der Waals surface area (Å²) in [7, 11) is 0. The average molecular weight is 206 g/mol.